The minimum Gasteiger partial charge on any atom is -0.508 e. The van der Waals surface area contributed by atoms with Crippen molar-refractivity contribution in [1.82, 2.24) is 5.32 Å². The summed E-state index contributed by atoms with van der Waals surface area (Å²) in [5.41, 5.74) is 3.68. The summed E-state index contributed by atoms with van der Waals surface area (Å²) in [6.07, 6.45) is 1.85. The number of methoxy groups -OCH3 is 3. The van der Waals surface area contributed by atoms with E-state index < -0.39 is 12.1 Å². The number of amides is 1. The van der Waals surface area contributed by atoms with Crippen molar-refractivity contribution in [2.75, 3.05) is 21.3 Å². The second kappa shape index (κ2) is 8.73. The average Bonchev–Trinajstić information content (AvgIpc) is 2.91. The Balaban J connectivity index is 2.45. The molecule has 0 aliphatic heterocycles. The number of carbonyl (C=O) groups is 1. The van der Waals surface area contributed by atoms with Gasteiger partial charge in [0, 0.05) is 18.1 Å². The van der Waals surface area contributed by atoms with Crippen LogP contribution in [0.3, 0.4) is 0 Å². The van der Waals surface area contributed by atoms with Crippen LogP contribution in [-0.4, -0.2) is 49.6 Å². The van der Waals surface area contributed by atoms with Crippen molar-refractivity contribution in [2.24, 2.45) is 0 Å². The number of hydrogen-bond acceptors (Lipinski definition) is 6. The Bertz CT molecular complexity index is 978. The molecule has 0 heterocycles. The second-order valence-electron chi connectivity index (χ2n) is 7.29. The molecule has 8 heteroatoms. The van der Waals surface area contributed by atoms with Gasteiger partial charge in [-0.1, -0.05) is 6.08 Å². The second-order valence-corrected chi connectivity index (χ2v) is 8.08. The first kappa shape index (κ1) is 22.2. The average molecular weight is 480 g/mol. The minimum atomic E-state index is -1.17. The lowest BCUT2D eigenvalue weighted by molar-refractivity contribution is -0.119. The fourth-order valence-corrected chi connectivity index (χ4v) is 4.76. The maximum Gasteiger partial charge on any atom is 0.217 e. The zero-order valence-corrected chi connectivity index (χ0v) is 19.2. The number of aliphatic hydroxyl groups excluding tert-OH is 2. The quantitative estimate of drug-likeness (QED) is 0.612. The number of rotatable bonds is 4. The number of ether oxygens (including phenoxy) is 3. The van der Waals surface area contributed by atoms with Gasteiger partial charge in [-0.3, -0.25) is 4.79 Å². The fraction of sp³-hybridized carbons (Fsp3) is 0.409. The molecule has 162 valence electrons. The van der Waals surface area contributed by atoms with E-state index in [2.05, 4.69) is 21.2 Å². The van der Waals surface area contributed by atoms with Crippen LogP contribution in [0.2, 0.25) is 0 Å². The van der Waals surface area contributed by atoms with Crippen molar-refractivity contribution in [1.29, 1.82) is 0 Å². The number of fused-ring (bicyclic) bond motifs is 2. The molecule has 2 aliphatic carbocycles. The van der Waals surface area contributed by atoms with Crippen LogP contribution < -0.4 is 19.5 Å². The van der Waals surface area contributed by atoms with Crippen molar-refractivity contribution in [3.8, 4) is 17.2 Å². The number of allylic oxidation sites excluding steroid dienone is 2. The lowest BCUT2D eigenvalue weighted by Crippen LogP contribution is -2.35. The Morgan fingerprint density at radius 2 is 1.87 bits per heavy atom. The molecule has 0 unspecified atom stereocenters. The molecule has 3 rings (SSSR count). The third-order valence-corrected chi connectivity index (χ3v) is 6.26. The van der Waals surface area contributed by atoms with Crippen molar-refractivity contribution in [3.63, 3.8) is 0 Å². The third-order valence-electron chi connectivity index (χ3n) is 5.42. The molecular formula is C22H26BrNO6. The maximum atomic E-state index is 11.9. The highest BCUT2D eigenvalue weighted by atomic mass is 79.9. The lowest BCUT2D eigenvalue weighted by Gasteiger charge is -2.22. The highest BCUT2D eigenvalue weighted by molar-refractivity contribution is 9.12. The van der Waals surface area contributed by atoms with Crippen LogP contribution >= 0.6 is 15.9 Å². The molecule has 1 amide bonds. The van der Waals surface area contributed by atoms with E-state index >= 15 is 0 Å². The largest absolute Gasteiger partial charge is 0.508 e. The topological polar surface area (TPSA) is 97.2 Å². The van der Waals surface area contributed by atoms with E-state index in [-0.39, 0.29) is 11.7 Å². The number of benzene rings is 1. The predicted molar refractivity (Wildman–Crippen MR) is 117 cm³/mol. The minimum absolute atomic E-state index is 0.190. The summed E-state index contributed by atoms with van der Waals surface area (Å²) >= 11 is 3.47. The van der Waals surface area contributed by atoms with E-state index in [4.69, 9.17) is 14.2 Å². The molecule has 0 bridgehead atoms. The van der Waals surface area contributed by atoms with Crippen LogP contribution in [0.4, 0.5) is 0 Å². The Labute approximate surface area is 184 Å². The monoisotopic (exact) mass is 479 g/mol. The molecular weight excluding hydrogens is 454 g/mol. The molecule has 0 saturated carbocycles. The highest BCUT2D eigenvalue weighted by Crippen LogP contribution is 2.50. The zero-order valence-electron chi connectivity index (χ0n) is 17.6. The van der Waals surface area contributed by atoms with Crippen LogP contribution in [0.5, 0.6) is 17.2 Å². The first-order valence-electron chi connectivity index (χ1n) is 9.53. The number of aliphatic hydroxyl groups is 2. The van der Waals surface area contributed by atoms with Crippen molar-refractivity contribution in [3.05, 3.63) is 44.7 Å². The van der Waals surface area contributed by atoms with Gasteiger partial charge < -0.3 is 29.7 Å². The Hall–Kier alpha value is -2.45. The van der Waals surface area contributed by atoms with E-state index in [1.54, 1.807) is 28.3 Å². The fourth-order valence-electron chi connectivity index (χ4n) is 4.06. The van der Waals surface area contributed by atoms with Gasteiger partial charge in [-0.15, -0.1) is 0 Å². The van der Waals surface area contributed by atoms with Crippen LogP contribution in [0, 0.1) is 0 Å². The molecule has 1 aromatic carbocycles. The predicted octanol–water partition coefficient (Wildman–Crippen LogP) is 3.40. The smallest absolute Gasteiger partial charge is 0.217 e. The molecule has 0 aromatic heterocycles. The van der Waals surface area contributed by atoms with Crippen LogP contribution in [-0.2, 0) is 11.2 Å². The zero-order chi connectivity index (χ0) is 22.2. The van der Waals surface area contributed by atoms with Gasteiger partial charge in [0.1, 0.15) is 11.9 Å². The maximum absolute atomic E-state index is 11.9. The molecule has 7 nitrogen and oxygen atoms in total. The summed E-state index contributed by atoms with van der Waals surface area (Å²) in [4.78, 5) is 11.9. The number of halogens is 1. The highest BCUT2D eigenvalue weighted by Gasteiger charge is 2.35. The molecule has 0 saturated heterocycles. The van der Waals surface area contributed by atoms with Gasteiger partial charge in [-0.2, -0.15) is 0 Å². The van der Waals surface area contributed by atoms with Crippen LogP contribution in [0.15, 0.2) is 33.5 Å². The van der Waals surface area contributed by atoms with Gasteiger partial charge >= 0.3 is 0 Å². The summed E-state index contributed by atoms with van der Waals surface area (Å²) in [6, 6.07) is 1.51. The molecule has 2 aliphatic rings. The SMILES string of the molecule is COc1cc2c(c(OC)c1OC)C1=C(C(Br)=C(O)[C@@H](O)C(C)=C1)[C@@H](NC(C)=O)CC2. The summed E-state index contributed by atoms with van der Waals surface area (Å²) in [7, 11) is 4.66. The Kier molecular flexibility index (Phi) is 6.47. The number of carbonyl (C=O) groups excluding carboxylic acids is 1. The molecule has 3 N–H and O–H groups in total. The van der Waals surface area contributed by atoms with Gasteiger partial charge in [0.15, 0.2) is 11.5 Å². The molecule has 2 atom stereocenters. The van der Waals surface area contributed by atoms with E-state index in [0.717, 1.165) is 16.7 Å². The van der Waals surface area contributed by atoms with Gasteiger partial charge in [0.2, 0.25) is 11.7 Å². The Morgan fingerprint density at radius 3 is 2.43 bits per heavy atom. The van der Waals surface area contributed by atoms with Crippen LogP contribution in [0.25, 0.3) is 5.57 Å². The normalized spacial score (nSPS) is 21.1. The van der Waals surface area contributed by atoms with Crippen molar-refractivity contribution in [2.45, 2.75) is 38.8 Å². The van der Waals surface area contributed by atoms with E-state index in [9.17, 15) is 15.0 Å². The van der Waals surface area contributed by atoms with Gasteiger partial charge in [0.25, 0.3) is 0 Å². The van der Waals surface area contributed by atoms with E-state index in [0.29, 0.717) is 45.7 Å². The number of hydrogen-bond donors (Lipinski definition) is 3. The standard InChI is InChI=1S/C22H26BrNO6/c1-10-8-13-16-12(9-15(28-3)21(29-4)22(16)30-5)6-7-14(24-11(2)25)17(13)18(23)20(27)19(10)26/h8-9,14,19,26-27H,6-7H2,1-5H3,(H,24,25)/t14-,19-/m0/s1. The molecule has 0 radical (unpaired) electrons. The third kappa shape index (κ3) is 3.70. The van der Waals surface area contributed by atoms with Gasteiger partial charge in [-0.25, -0.2) is 0 Å². The number of aryl methyl sites for hydroxylation is 1. The lowest BCUT2D eigenvalue weighted by atomic mass is 9.92. The first-order valence-corrected chi connectivity index (χ1v) is 10.3. The summed E-state index contributed by atoms with van der Waals surface area (Å²) in [5.74, 6) is 1.09. The summed E-state index contributed by atoms with van der Waals surface area (Å²) in [5, 5.41) is 24.2. The van der Waals surface area contributed by atoms with Gasteiger partial charge in [0.05, 0.1) is 31.9 Å². The number of nitrogens with one attached hydrogen (secondary N) is 1. The van der Waals surface area contributed by atoms with E-state index in [1.165, 1.54) is 6.92 Å². The van der Waals surface area contributed by atoms with E-state index in [1.807, 2.05) is 12.1 Å². The van der Waals surface area contributed by atoms with Crippen LogP contribution in [0.1, 0.15) is 31.4 Å². The summed E-state index contributed by atoms with van der Waals surface area (Å²) < 4.78 is 17.2. The molecule has 1 aromatic rings. The Morgan fingerprint density at radius 1 is 1.20 bits per heavy atom. The molecule has 30 heavy (non-hydrogen) atoms. The molecule has 0 fully saturated rings. The first-order chi connectivity index (χ1) is 14.2. The van der Waals surface area contributed by atoms with Crippen molar-refractivity contribution < 1.29 is 29.2 Å². The van der Waals surface area contributed by atoms with Crippen molar-refractivity contribution >= 4 is 27.4 Å². The molecule has 0 spiro atoms. The summed E-state index contributed by atoms with van der Waals surface area (Å²) in [6.45, 7) is 3.19. The van der Waals surface area contributed by atoms with Gasteiger partial charge in [-0.05, 0) is 58.5 Å².